The van der Waals surface area contributed by atoms with Gasteiger partial charge in [-0.25, -0.2) is 0 Å². The number of benzene rings is 2. The van der Waals surface area contributed by atoms with E-state index in [1.165, 1.54) is 5.56 Å². The number of carbonyl (C=O) groups is 1. The highest BCUT2D eigenvalue weighted by atomic mass is 79.9. The molecule has 20 heavy (non-hydrogen) atoms. The van der Waals surface area contributed by atoms with E-state index in [2.05, 4.69) is 47.6 Å². The highest BCUT2D eigenvalue weighted by Gasteiger charge is 2.29. The van der Waals surface area contributed by atoms with E-state index in [0.717, 1.165) is 4.47 Å². The van der Waals surface area contributed by atoms with Crippen LogP contribution in [-0.2, 0) is 0 Å². The third-order valence-electron chi connectivity index (χ3n) is 2.32. The molecule has 0 unspecified atom stereocenters. The zero-order valence-corrected chi connectivity index (χ0v) is 14.7. The molecule has 0 aliphatic rings. The van der Waals surface area contributed by atoms with Crippen molar-refractivity contribution in [3.05, 3.63) is 70.2 Å². The molecule has 0 aliphatic heterocycles. The van der Waals surface area contributed by atoms with Crippen LogP contribution in [0.5, 0.6) is 0 Å². The Labute approximate surface area is 142 Å². The highest BCUT2D eigenvalue weighted by molar-refractivity contribution is 9.10. The van der Waals surface area contributed by atoms with Crippen molar-refractivity contribution < 1.29 is 4.79 Å². The lowest BCUT2D eigenvalue weighted by molar-refractivity contribution is 0.0999. The molecule has 0 atom stereocenters. The predicted molar refractivity (Wildman–Crippen MR) is 93.1 cm³/mol. The molecular formula is C15H13BrCl2OS. The number of thiol groups is 1. The van der Waals surface area contributed by atoms with Crippen molar-refractivity contribution in [2.24, 2.45) is 0 Å². The van der Waals surface area contributed by atoms with E-state index in [0.29, 0.717) is 5.56 Å². The lowest BCUT2D eigenvalue weighted by Gasteiger charge is -2.10. The van der Waals surface area contributed by atoms with Crippen LogP contribution in [-0.4, -0.2) is 9.45 Å². The van der Waals surface area contributed by atoms with Crippen molar-refractivity contribution in [2.75, 3.05) is 0 Å². The van der Waals surface area contributed by atoms with Crippen LogP contribution in [0, 0.1) is 6.92 Å². The fourth-order valence-electron chi connectivity index (χ4n) is 1.31. The Bertz CT molecular complexity index is 550. The second-order valence-electron chi connectivity index (χ2n) is 4.03. The van der Waals surface area contributed by atoms with Gasteiger partial charge >= 0.3 is 0 Å². The van der Waals surface area contributed by atoms with Crippen LogP contribution in [0.3, 0.4) is 0 Å². The summed E-state index contributed by atoms with van der Waals surface area (Å²) in [5, 5.41) is 0. The van der Waals surface area contributed by atoms with Gasteiger partial charge < -0.3 is 0 Å². The van der Waals surface area contributed by atoms with E-state index in [1.54, 1.807) is 24.3 Å². The quantitative estimate of drug-likeness (QED) is 0.395. The number of carbonyl (C=O) groups excluding carboxylic acids is 1. The maximum atomic E-state index is 11.4. The topological polar surface area (TPSA) is 17.1 Å². The van der Waals surface area contributed by atoms with Crippen LogP contribution in [0.25, 0.3) is 0 Å². The molecular weight excluding hydrogens is 379 g/mol. The minimum Gasteiger partial charge on any atom is -0.290 e. The predicted octanol–water partition coefficient (Wildman–Crippen LogP) is 5.69. The Balaban J connectivity index is 0.000000240. The molecule has 0 radical (unpaired) electrons. The number of hydrogen-bond acceptors (Lipinski definition) is 2. The molecule has 0 fully saturated rings. The molecule has 5 heteroatoms. The molecule has 1 nitrogen and oxygen atoms in total. The van der Waals surface area contributed by atoms with Gasteiger partial charge in [-0.1, -0.05) is 87.2 Å². The molecule has 2 rings (SSSR count). The first-order valence-corrected chi connectivity index (χ1v) is 7.72. The Hall–Kier alpha value is -0.480. The molecule has 0 spiro atoms. The summed E-state index contributed by atoms with van der Waals surface area (Å²) in [5.74, 6) is -0.424. The van der Waals surface area contributed by atoms with E-state index in [-0.39, 0.29) is 0 Å². The summed E-state index contributed by atoms with van der Waals surface area (Å²) >= 11 is 18.1. The average molecular weight is 392 g/mol. The number of Topliss-reactive ketones (excluding diaryl/α,β-unsaturated/α-hetero) is 1. The van der Waals surface area contributed by atoms with Crippen molar-refractivity contribution >= 4 is 57.5 Å². The fraction of sp³-hybridized carbons (Fsp3) is 0.133. The van der Waals surface area contributed by atoms with E-state index < -0.39 is 9.45 Å². The van der Waals surface area contributed by atoms with Crippen molar-refractivity contribution in [2.45, 2.75) is 10.6 Å². The van der Waals surface area contributed by atoms with Gasteiger partial charge in [0.15, 0.2) is 0 Å². The molecule has 0 N–H and O–H groups in total. The van der Waals surface area contributed by atoms with Crippen LogP contribution < -0.4 is 0 Å². The molecule has 0 heterocycles. The Morgan fingerprint density at radius 3 is 1.90 bits per heavy atom. The number of hydrogen-bond donors (Lipinski definition) is 1. The summed E-state index contributed by atoms with van der Waals surface area (Å²) in [6.45, 7) is 2.08. The third-order valence-corrected chi connectivity index (χ3v) is 3.40. The van der Waals surface area contributed by atoms with Crippen LogP contribution >= 0.6 is 51.8 Å². The van der Waals surface area contributed by atoms with Crippen LogP contribution in [0.1, 0.15) is 15.9 Å². The largest absolute Gasteiger partial charge is 0.290 e. The van der Waals surface area contributed by atoms with Crippen molar-refractivity contribution in [3.8, 4) is 0 Å². The monoisotopic (exact) mass is 390 g/mol. The van der Waals surface area contributed by atoms with E-state index >= 15 is 0 Å². The van der Waals surface area contributed by atoms with Crippen molar-refractivity contribution in [1.82, 2.24) is 0 Å². The van der Waals surface area contributed by atoms with Gasteiger partial charge in [0.25, 0.3) is 0 Å². The number of alkyl halides is 2. The number of aryl methyl sites for hydroxylation is 1. The Kier molecular flexibility index (Phi) is 7.10. The summed E-state index contributed by atoms with van der Waals surface area (Å²) in [6.07, 6.45) is 0. The fourth-order valence-corrected chi connectivity index (χ4v) is 1.92. The first-order chi connectivity index (χ1) is 9.30. The molecule has 0 saturated carbocycles. The minimum absolute atomic E-state index is 0.424. The number of ketones is 1. The van der Waals surface area contributed by atoms with Gasteiger partial charge in [0.05, 0.1) is 0 Å². The zero-order chi connectivity index (χ0) is 15.2. The van der Waals surface area contributed by atoms with Gasteiger partial charge in [-0.05, 0) is 19.1 Å². The average Bonchev–Trinajstić information content (AvgIpc) is 2.39. The minimum atomic E-state index is -1.66. The van der Waals surface area contributed by atoms with Gasteiger partial charge in [-0.2, -0.15) is 0 Å². The standard InChI is InChI=1S/C8H5BrCl2OS.C7H8/c9-6-3-1-5(2-4-6)7(12)8(10,11)13;1-7-5-3-2-4-6-7/h1-4,13H;2-6H,1H3. The lowest BCUT2D eigenvalue weighted by Crippen LogP contribution is -2.18. The van der Waals surface area contributed by atoms with Crippen LogP contribution in [0.4, 0.5) is 0 Å². The lowest BCUT2D eigenvalue weighted by atomic mass is 10.1. The van der Waals surface area contributed by atoms with Gasteiger partial charge in [0, 0.05) is 10.0 Å². The van der Waals surface area contributed by atoms with Gasteiger partial charge in [-0.3, -0.25) is 4.79 Å². The molecule has 0 aromatic heterocycles. The first kappa shape index (κ1) is 17.6. The van der Waals surface area contributed by atoms with E-state index in [9.17, 15) is 4.79 Å². The van der Waals surface area contributed by atoms with Crippen LogP contribution in [0.2, 0.25) is 0 Å². The summed E-state index contributed by atoms with van der Waals surface area (Å²) in [5.41, 5.74) is 1.76. The third kappa shape index (κ3) is 6.31. The van der Waals surface area contributed by atoms with Gasteiger partial charge in [0.1, 0.15) is 0 Å². The normalized spacial score (nSPS) is 10.4. The molecule has 0 bridgehead atoms. The van der Waals surface area contributed by atoms with Crippen molar-refractivity contribution in [1.29, 1.82) is 0 Å². The number of rotatable bonds is 2. The van der Waals surface area contributed by atoms with Crippen LogP contribution in [0.15, 0.2) is 59.1 Å². The number of halogens is 3. The SMILES string of the molecule is Cc1ccccc1.O=C(c1ccc(Br)cc1)C(S)(Cl)Cl. The van der Waals surface area contributed by atoms with E-state index in [4.69, 9.17) is 23.2 Å². The molecule has 0 aliphatic carbocycles. The van der Waals surface area contributed by atoms with Gasteiger partial charge in [-0.15, -0.1) is 12.6 Å². The molecule has 0 amide bonds. The van der Waals surface area contributed by atoms with E-state index in [1.807, 2.05) is 18.2 Å². The highest BCUT2D eigenvalue weighted by Crippen LogP contribution is 2.30. The second kappa shape index (κ2) is 8.08. The molecule has 2 aromatic carbocycles. The second-order valence-corrected chi connectivity index (χ2v) is 7.47. The Morgan fingerprint density at radius 1 is 1.05 bits per heavy atom. The van der Waals surface area contributed by atoms with Crippen molar-refractivity contribution in [3.63, 3.8) is 0 Å². The van der Waals surface area contributed by atoms with Gasteiger partial charge in [0.2, 0.25) is 9.45 Å². The summed E-state index contributed by atoms with van der Waals surface area (Å²) in [6, 6.07) is 17.0. The smallest absolute Gasteiger partial charge is 0.222 e. The maximum absolute atomic E-state index is 11.4. The Morgan fingerprint density at radius 2 is 1.55 bits per heavy atom. The molecule has 0 saturated heterocycles. The zero-order valence-electron chi connectivity index (χ0n) is 10.7. The summed E-state index contributed by atoms with van der Waals surface area (Å²) < 4.78 is -0.772. The maximum Gasteiger partial charge on any atom is 0.222 e. The molecule has 106 valence electrons. The summed E-state index contributed by atoms with van der Waals surface area (Å²) in [4.78, 5) is 11.4. The molecule has 2 aromatic rings. The first-order valence-electron chi connectivity index (χ1n) is 5.73. The summed E-state index contributed by atoms with van der Waals surface area (Å²) in [7, 11) is 0.